The Morgan fingerprint density at radius 1 is 1.36 bits per heavy atom. The van der Waals surface area contributed by atoms with Gasteiger partial charge in [-0.3, -0.25) is 0 Å². The monoisotopic (exact) mass is 306 g/mol. The second-order valence-electron chi connectivity index (χ2n) is 6.27. The smallest absolute Gasteiger partial charge is 0.317 e. The lowest BCUT2D eigenvalue weighted by atomic mass is 10.00. The Morgan fingerprint density at radius 3 is 2.95 bits per heavy atom. The number of rotatable bonds is 3. The van der Waals surface area contributed by atoms with Crippen LogP contribution in [0.25, 0.3) is 0 Å². The summed E-state index contributed by atoms with van der Waals surface area (Å²) in [5.74, 6) is -0.236. The summed E-state index contributed by atoms with van der Waals surface area (Å²) in [6.07, 6.45) is 5.13. The van der Waals surface area contributed by atoms with Gasteiger partial charge in [0.1, 0.15) is 5.82 Å². The van der Waals surface area contributed by atoms with E-state index in [1.807, 2.05) is 11.0 Å². The highest BCUT2D eigenvalue weighted by molar-refractivity contribution is 5.74. The third kappa shape index (κ3) is 3.58. The zero-order valence-corrected chi connectivity index (χ0v) is 12.8. The molecule has 0 bridgehead atoms. The maximum atomic E-state index is 13.1. The van der Waals surface area contributed by atoms with Crippen LogP contribution in [0.5, 0.6) is 0 Å². The summed E-state index contributed by atoms with van der Waals surface area (Å²) < 4.78 is 19.0. The van der Waals surface area contributed by atoms with Crippen molar-refractivity contribution in [2.45, 2.75) is 37.7 Å². The second kappa shape index (κ2) is 6.65. The predicted molar refractivity (Wildman–Crippen MR) is 82.2 cm³/mol. The van der Waals surface area contributed by atoms with Crippen LogP contribution in [0.4, 0.5) is 9.18 Å². The van der Waals surface area contributed by atoms with Crippen LogP contribution in [-0.2, 0) is 11.2 Å². The van der Waals surface area contributed by atoms with Crippen molar-refractivity contribution in [2.24, 2.45) is 0 Å². The third-order valence-electron chi connectivity index (χ3n) is 4.63. The van der Waals surface area contributed by atoms with Gasteiger partial charge in [0.05, 0.1) is 18.8 Å². The van der Waals surface area contributed by atoms with Crippen LogP contribution in [0.2, 0.25) is 0 Å². The van der Waals surface area contributed by atoms with Gasteiger partial charge >= 0.3 is 6.03 Å². The lowest BCUT2D eigenvalue weighted by molar-refractivity contribution is -0.0925. The summed E-state index contributed by atoms with van der Waals surface area (Å²) in [7, 11) is 0. The number of carbonyl (C=O) groups excluding carboxylic acids is 1. The van der Waals surface area contributed by atoms with Crippen molar-refractivity contribution in [3.8, 4) is 0 Å². The van der Waals surface area contributed by atoms with Crippen LogP contribution in [0.15, 0.2) is 24.3 Å². The van der Waals surface area contributed by atoms with E-state index in [9.17, 15) is 9.18 Å². The largest absolute Gasteiger partial charge is 0.371 e. The standard InChI is InChI=1S/C17H23FN2O2/c18-15-5-3-4-14(12-15)6-9-19-16(21)20-10-11-22-17(13-20)7-1-2-8-17/h3-5,12H,1-2,6-11,13H2,(H,19,21). The normalized spacial score (nSPS) is 20.3. The fraction of sp³-hybridized carbons (Fsp3) is 0.588. The van der Waals surface area contributed by atoms with Gasteiger partial charge in [-0.25, -0.2) is 9.18 Å². The minimum absolute atomic E-state index is 0.0361. The molecule has 4 nitrogen and oxygen atoms in total. The predicted octanol–water partition coefficient (Wildman–Crippen LogP) is 2.72. The molecule has 3 rings (SSSR count). The molecule has 1 spiro atoms. The molecule has 1 aliphatic carbocycles. The summed E-state index contributed by atoms with van der Waals surface area (Å²) in [6.45, 7) is 2.48. The molecule has 1 aromatic rings. The number of nitrogens with one attached hydrogen (secondary N) is 1. The molecule has 1 heterocycles. The molecule has 1 saturated heterocycles. The number of hydrogen-bond acceptors (Lipinski definition) is 2. The summed E-state index contributed by atoms with van der Waals surface area (Å²) >= 11 is 0. The van der Waals surface area contributed by atoms with Crippen molar-refractivity contribution in [1.82, 2.24) is 10.2 Å². The highest BCUT2D eigenvalue weighted by Crippen LogP contribution is 2.35. The lowest BCUT2D eigenvalue weighted by Gasteiger charge is -2.40. The Kier molecular flexibility index (Phi) is 4.62. The van der Waals surface area contributed by atoms with Crippen LogP contribution in [0.1, 0.15) is 31.2 Å². The molecule has 2 fully saturated rings. The molecule has 1 saturated carbocycles. The number of carbonyl (C=O) groups is 1. The van der Waals surface area contributed by atoms with Gasteiger partial charge in [0, 0.05) is 13.1 Å². The molecule has 0 aromatic heterocycles. The zero-order valence-electron chi connectivity index (χ0n) is 12.8. The Morgan fingerprint density at radius 2 is 2.18 bits per heavy atom. The summed E-state index contributed by atoms with van der Waals surface area (Å²) in [5.41, 5.74) is 0.799. The van der Waals surface area contributed by atoms with Crippen molar-refractivity contribution in [1.29, 1.82) is 0 Å². The molecule has 1 N–H and O–H groups in total. The van der Waals surface area contributed by atoms with Crippen LogP contribution >= 0.6 is 0 Å². The first-order chi connectivity index (χ1) is 10.7. The van der Waals surface area contributed by atoms with Crippen molar-refractivity contribution in [3.63, 3.8) is 0 Å². The molecule has 2 amide bonds. The van der Waals surface area contributed by atoms with E-state index in [1.165, 1.54) is 25.0 Å². The minimum Gasteiger partial charge on any atom is -0.371 e. The Hall–Kier alpha value is -1.62. The number of urea groups is 1. The molecule has 120 valence electrons. The van der Waals surface area contributed by atoms with Gasteiger partial charge in [0.2, 0.25) is 0 Å². The quantitative estimate of drug-likeness (QED) is 0.933. The van der Waals surface area contributed by atoms with E-state index >= 15 is 0 Å². The molecule has 5 heteroatoms. The fourth-order valence-electron chi connectivity index (χ4n) is 3.46. The maximum Gasteiger partial charge on any atom is 0.317 e. The Balaban J connectivity index is 1.47. The van der Waals surface area contributed by atoms with Gasteiger partial charge in [0.15, 0.2) is 0 Å². The highest BCUT2D eigenvalue weighted by atomic mass is 19.1. The van der Waals surface area contributed by atoms with Crippen molar-refractivity contribution in [2.75, 3.05) is 26.2 Å². The summed E-state index contributed by atoms with van der Waals surface area (Å²) in [4.78, 5) is 14.1. The number of hydrogen-bond donors (Lipinski definition) is 1. The Labute approximate surface area is 130 Å². The zero-order chi connectivity index (χ0) is 15.4. The van der Waals surface area contributed by atoms with Gasteiger partial charge < -0.3 is 15.0 Å². The number of ether oxygens (including phenoxy) is 1. The molecule has 0 radical (unpaired) electrons. The van der Waals surface area contributed by atoms with Crippen molar-refractivity contribution >= 4 is 6.03 Å². The first-order valence-corrected chi connectivity index (χ1v) is 8.08. The van der Waals surface area contributed by atoms with Crippen molar-refractivity contribution < 1.29 is 13.9 Å². The van der Waals surface area contributed by atoms with E-state index in [1.54, 1.807) is 6.07 Å². The van der Waals surface area contributed by atoms with Gasteiger partial charge in [0.25, 0.3) is 0 Å². The second-order valence-corrected chi connectivity index (χ2v) is 6.27. The van der Waals surface area contributed by atoms with Gasteiger partial charge in [-0.1, -0.05) is 25.0 Å². The number of halogens is 1. The van der Waals surface area contributed by atoms with Gasteiger partial charge in [-0.2, -0.15) is 0 Å². The lowest BCUT2D eigenvalue weighted by Crippen LogP contribution is -2.55. The van der Waals surface area contributed by atoms with E-state index in [2.05, 4.69) is 5.32 Å². The molecule has 0 atom stereocenters. The minimum atomic E-state index is -0.236. The topological polar surface area (TPSA) is 41.6 Å². The fourth-order valence-corrected chi connectivity index (χ4v) is 3.46. The average molecular weight is 306 g/mol. The van der Waals surface area contributed by atoms with Gasteiger partial charge in [-0.05, 0) is 37.0 Å². The average Bonchev–Trinajstić information content (AvgIpc) is 2.95. The molecule has 22 heavy (non-hydrogen) atoms. The number of amides is 2. The van der Waals surface area contributed by atoms with Crippen LogP contribution in [0, 0.1) is 5.82 Å². The summed E-state index contributed by atoms with van der Waals surface area (Å²) in [5, 5.41) is 2.94. The first-order valence-electron chi connectivity index (χ1n) is 8.08. The highest BCUT2D eigenvalue weighted by Gasteiger charge is 2.40. The molecular weight excluding hydrogens is 283 g/mol. The molecular formula is C17H23FN2O2. The Bertz CT molecular complexity index is 529. The van der Waals surface area contributed by atoms with E-state index in [0.29, 0.717) is 32.7 Å². The number of benzene rings is 1. The number of morpholine rings is 1. The van der Waals surface area contributed by atoms with Gasteiger partial charge in [-0.15, -0.1) is 0 Å². The molecule has 1 aliphatic heterocycles. The third-order valence-corrected chi connectivity index (χ3v) is 4.63. The first kappa shape index (κ1) is 15.3. The molecule has 0 unspecified atom stereocenters. The van der Waals surface area contributed by atoms with Crippen molar-refractivity contribution in [3.05, 3.63) is 35.6 Å². The van der Waals surface area contributed by atoms with Crippen LogP contribution in [-0.4, -0.2) is 42.8 Å². The van der Waals surface area contributed by atoms with E-state index in [0.717, 1.165) is 18.4 Å². The maximum absolute atomic E-state index is 13.1. The molecule has 1 aromatic carbocycles. The molecule has 2 aliphatic rings. The van der Waals surface area contributed by atoms with E-state index < -0.39 is 0 Å². The number of nitrogens with zero attached hydrogens (tertiary/aromatic N) is 1. The van der Waals surface area contributed by atoms with E-state index in [-0.39, 0.29) is 17.4 Å². The SMILES string of the molecule is O=C(NCCc1cccc(F)c1)N1CCOC2(CCCC2)C1. The van der Waals surface area contributed by atoms with Crippen LogP contribution in [0.3, 0.4) is 0 Å². The van der Waals surface area contributed by atoms with E-state index in [4.69, 9.17) is 4.74 Å². The van der Waals surface area contributed by atoms with Crippen LogP contribution < -0.4 is 5.32 Å². The summed E-state index contributed by atoms with van der Waals surface area (Å²) in [6, 6.07) is 6.46.